The monoisotopic (exact) mass is 323 g/mol. The third-order valence-corrected chi connectivity index (χ3v) is 4.40. The van der Waals surface area contributed by atoms with Crippen LogP contribution in [0.5, 0.6) is 5.75 Å². The summed E-state index contributed by atoms with van der Waals surface area (Å²) in [6, 6.07) is 18.7. The van der Waals surface area contributed by atoms with Crippen LogP contribution in [0.15, 0.2) is 59.7 Å². The maximum atomic E-state index is 5.20. The zero-order valence-corrected chi connectivity index (χ0v) is 14.5. The van der Waals surface area contributed by atoms with Crippen molar-refractivity contribution >= 4 is 5.71 Å². The minimum Gasteiger partial charge on any atom is -0.497 e. The molecule has 24 heavy (non-hydrogen) atoms. The zero-order valence-electron chi connectivity index (χ0n) is 14.5. The van der Waals surface area contributed by atoms with Gasteiger partial charge in [-0.3, -0.25) is 9.91 Å². The number of benzene rings is 2. The highest BCUT2D eigenvalue weighted by Gasteiger charge is 2.16. The Labute approximate surface area is 144 Å². The van der Waals surface area contributed by atoms with E-state index in [-0.39, 0.29) is 0 Å². The molecule has 1 aliphatic rings. The fourth-order valence-corrected chi connectivity index (χ4v) is 2.94. The van der Waals surface area contributed by atoms with Crippen molar-refractivity contribution in [3.63, 3.8) is 0 Å². The van der Waals surface area contributed by atoms with Crippen LogP contribution < -0.4 is 4.74 Å². The summed E-state index contributed by atoms with van der Waals surface area (Å²) >= 11 is 0. The average Bonchev–Trinajstić information content (AvgIpc) is 2.64. The van der Waals surface area contributed by atoms with Crippen molar-refractivity contribution in [3.05, 3.63) is 65.7 Å². The number of hydrogen-bond donors (Lipinski definition) is 0. The van der Waals surface area contributed by atoms with Crippen LogP contribution in [-0.2, 0) is 6.54 Å². The van der Waals surface area contributed by atoms with E-state index in [4.69, 9.17) is 9.84 Å². The lowest BCUT2D eigenvalue weighted by atomic mass is 10.1. The molecule has 1 heterocycles. The molecule has 0 aliphatic carbocycles. The van der Waals surface area contributed by atoms with Crippen LogP contribution in [0.3, 0.4) is 0 Å². The minimum absolute atomic E-state index is 0.876. The van der Waals surface area contributed by atoms with Gasteiger partial charge in [-0.1, -0.05) is 30.3 Å². The maximum Gasteiger partial charge on any atom is 0.118 e. The molecule has 0 spiro atoms. The number of piperazine rings is 1. The first kappa shape index (κ1) is 16.5. The van der Waals surface area contributed by atoms with E-state index in [2.05, 4.69) is 59.3 Å². The van der Waals surface area contributed by atoms with Crippen molar-refractivity contribution < 1.29 is 4.74 Å². The molecule has 4 nitrogen and oxygen atoms in total. The van der Waals surface area contributed by atoms with E-state index in [9.17, 15) is 0 Å². The normalized spacial score (nSPS) is 16.2. The Hall–Kier alpha value is -2.33. The van der Waals surface area contributed by atoms with Gasteiger partial charge in [0.15, 0.2) is 0 Å². The Balaban J connectivity index is 1.54. The Morgan fingerprint density at radius 3 is 2.25 bits per heavy atom. The SMILES string of the molecule is COc1ccc(/C(C)=N\N2CCN(Cc3ccccc3)CC2)cc1. The average molecular weight is 323 g/mol. The fraction of sp³-hybridized carbons (Fsp3) is 0.350. The van der Waals surface area contributed by atoms with E-state index >= 15 is 0 Å². The summed E-state index contributed by atoms with van der Waals surface area (Å²) < 4.78 is 5.20. The third kappa shape index (κ3) is 4.36. The largest absolute Gasteiger partial charge is 0.497 e. The van der Waals surface area contributed by atoms with Crippen LogP contribution in [0.25, 0.3) is 0 Å². The van der Waals surface area contributed by atoms with Gasteiger partial charge in [0.2, 0.25) is 0 Å². The summed E-state index contributed by atoms with van der Waals surface area (Å²) in [5, 5.41) is 6.97. The molecule has 0 saturated carbocycles. The molecule has 126 valence electrons. The molecule has 2 aromatic carbocycles. The third-order valence-electron chi connectivity index (χ3n) is 4.40. The standard InChI is InChI=1S/C20H25N3O/c1-17(19-8-10-20(24-2)11-9-19)21-23-14-12-22(13-15-23)16-18-6-4-3-5-7-18/h3-11H,12-16H2,1-2H3/b21-17-. The zero-order chi connectivity index (χ0) is 16.8. The van der Waals surface area contributed by atoms with E-state index in [1.54, 1.807) is 7.11 Å². The van der Waals surface area contributed by atoms with Crippen LogP contribution in [0.1, 0.15) is 18.1 Å². The van der Waals surface area contributed by atoms with Crippen molar-refractivity contribution in [2.24, 2.45) is 5.10 Å². The van der Waals surface area contributed by atoms with Gasteiger partial charge in [-0.05, 0) is 42.3 Å². The molecule has 0 bridgehead atoms. The topological polar surface area (TPSA) is 28.1 Å². The highest BCUT2D eigenvalue weighted by Crippen LogP contribution is 2.13. The summed E-state index contributed by atoms with van der Waals surface area (Å²) in [6.07, 6.45) is 0. The second-order valence-electron chi connectivity index (χ2n) is 6.13. The molecule has 0 radical (unpaired) electrons. The number of methoxy groups -OCH3 is 1. The second kappa shape index (κ2) is 7.97. The maximum absolute atomic E-state index is 5.20. The van der Waals surface area contributed by atoms with Gasteiger partial charge < -0.3 is 4.74 Å². The van der Waals surface area contributed by atoms with Crippen LogP contribution in [0, 0.1) is 0 Å². The van der Waals surface area contributed by atoms with Gasteiger partial charge in [-0.25, -0.2) is 0 Å². The molecule has 0 amide bonds. The highest BCUT2D eigenvalue weighted by atomic mass is 16.5. The molecule has 2 aromatic rings. The van der Waals surface area contributed by atoms with Gasteiger partial charge in [0, 0.05) is 32.7 Å². The van der Waals surface area contributed by atoms with Gasteiger partial charge in [0.1, 0.15) is 5.75 Å². The molecule has 1 aliphatic heterocycles. The van der Waals surface area contributed by atoms with Crippen molar-refractivity contribution in [3.8, 4) is 5.75 Å². The van der Waals surface area contributed by atoms with Crippen LogP contribution in [-0.4, -0.2) is 48.9 Å². The number of rotatable bonds is 5. The second-order valence-corrected chi connectivity index (χ2v) is 6.13. The molecule has 0 N–H and O–H groups in total. The molecule has 4 heteroatoms. The Kier molecular flexibility index (Phi) is 5.49. The number of nitrogens with zero attached hydrogens (tertiary/aromatic N) is 3. The van der Waals surface area contributed by atoms with Gasteiger partial charge >= 0.3 is 0 Å². The molecule has 0 aromatic heterocycles. The molecule has 0 unspecified atom stereocenters. The summed E-state index contributed by atoms with van der Waals surface area (Å²) in [7, 11) is 1.69. The lowest BCUT2D eigenvalue weighted by molar-refractivity contribution is 0.130. The Morgan fingerprint density at radius 2 is 1.62 bits per heavy atom. The molecular weight excluding hydrogens is 298 g/mol. The van der Waals surface area contributed by atoms with E-state index in [0.717, 1.165) is 49.7 Å². The first-order valence-electron chi connectivity index (χ1n) is 8.45. The fourth-order valence-electron chi connectivity index (χ4n) is 2.94. The highest BCUT2D eigenvalue weighted by molar-refractivity contribution is 5.98. The molecule has 3 rings (SSSR count). The lowest BCUT2D eigenvalue weighted by Gasteiger charge is -2.33. The van der Waals surface area contributed by atoms with Crippen molar-refractivity contribution in [1.82, 2.24) is 9.91 Å². The van der Waals surface area contributed by atoms with Gasteiger partial charge in [-0.15, -0.1) is 0 Å². The minimum atomic E-state index is 0.876. The van der Waals surface area contributed by atoms with Crippen LogP contribution in [0.4, 0.5) is 0 Å². The predicted molar refractivity (Wildman–Crippen MR) is 98.5 cm³/mol. The van der Waals surface area contributed by atoms with Gasteiger partial charge in [-0.2, -0.15) is 5.10 Å². The lowest BCUT2D eigenvalue weighted by Crippen LogP contribution is -2.43. The molecule has 1 saturated heterocycles. The quantitative estimate of drug-likeness (QED) is 0.791. The van der Waals surface area contributed by atoms with E-state index in [1.165, 1.54) is 5.56 Å². The Bertz CT molecular complexity index is 659. The van der Waals surface area contributed by atoms with E-state index in [1.807, 2.05) is 12.1 Å². The van der Waals surface area contributed by atoms with E-state index in [0.29, 0.717) is 0 Å². The van der Waals surface area contributed by atoms with Crippen molar-refractivity contribution in [2.75, 3.05) is 33.3 Å². The first-order chi connectivity index (χ1) is 11.7. The van der Waals surface area contributed by atoms with E-state index < -0.39 is 0 Å². The number of hydrogen-bond acceptors (Lipinski definition) is 4. The predicted octanol–water partition coefficient (Wildman–Crippen LogP) is 3.24. The number of hydrazone groups is 1. The molecular formula is C20H25N3O. The number of ether oxygens (including phenoxy) is 1. The van der Waals surface area contributed by atoms with Crippen molar-refractivity contribution in [2.45, 2.75) is 13.5 Å². The summed E-state index contributed by atoms with van der Waals surface area (Å²) in [4.78, 5) is 2.49. The Morgan fingerprint density at radius 1 is 0.958 bits per heavy atom. The van der Waals surface area contributed by atoms with Crippen LogP contribution in [0.2, 0.25) is 0 Å². The summed E-state index contributed by atoms with van der Waals surface area (Å²) in [5.74, 6) is 0.876. The molecule has 0 atom stereocenters. The molecule has 1 fully saturated rings. The van der Waals surface area contributed by atoms with Crippen molar-refractivity contribution in [1.29, 1.82) is 0 Å². The van der Waals surface area contributed by atoms with Gasteiger partial charge in [0.05, 0.1) is 12.8 Å². The first-order valence-corrected chi connectivity index (χ1v) is 8.45. The van der Waals surface area contributed by atoms with Gasteiger partial charge in [0.25, 0.3) is 0 Å². The summed E-state index contributed by atoms with van der Waals surface area (Å²) in [6.45, 7) is 7.14. The van der Waals surface area contributed by atoms with Crippen LogP contribution >= 0.6 is 0 Å². The summed E-state index contributed by atoms with van der Waals surface area (Å²) in [5.41, 5.74) is 3.57. The smallest absolute Gasteiger partial charge is 0.118 e.